The van der Waals surface area contributed by atoms with E-state index in [1.165, 1.54) is 25.2 Å². The summed E-state index contributed by atoms with van der Waals surface area (Å²) in [6.07, 6.45) is 0.965. The van der Waals surface area contributed by atoms with Crippen molar-refractivity contribution >= 4 is 20.7 Å². The lowest BCUT2D eigenvalue weighted by atomic mass is 10.2. The van der Waals surface area contributed by atoms with Gasteiger partial charge in [0, 0.05) is 11.8 Å². The summed E-state index contributed by atoms with van der Waals surface area (Å²) in [4.78, 5) is 10.2. The van der Waals surface area contributed by atoms with E-state index in [9.17, 15) is 13.2 Å². The van der Waals surface area contributed by atoms with Crippen LogP contribution in [-0.2, 0) is 14.6 Å². The van der Waals surface area contributed by atoms with E-state index in [0.29, 0.717) is 5.75 Å². The first-order valence-electron chi connectivity index (χ1n) is 4.08. The molecule has 1 aromatic carbocycles. The Hall–Kier alpha value is -1.58. The first-order valence-corrected chi connectivity index (χ1v) is 5.97. The van der Waals surface area contributed by atoms with Gasteiger partial charge in [0.15, 0.2) is 14.7 Å². The van der Waals surface area contributed by atoms with Gasteiger partial charge in [-0.3, -0.25) is 0 Å². The summed E-state index contributed by atoms with van der Waals surface area (Å²) in [5.74, 6) is 1.92. The molecule has 0 fully saturated rings. The van der Waals surface area contributed by atoms with E-state index in [1.54, 1.807) is 12.1 Å². The van der Waals surface area contributed by atoms with Crippen molar-refractivity contribution in [3.63, 3.8) is 0 Å². The molecule has 0 saturated heterocycles. The molecule has 0 aliphatic rings. The molecule has 15 heavy (non-hydrogen) atoms. The van der Waals surface area contributed by atoms with Crippen LogP contribution >= 0.6 is 0 Å². The Labute approximate surface area is 88.1 Å². The molecule has 0 aliphatic heterocycles. The highest BCUT2D eigenvalue weighted by molar-refractivity contribution is 8.00. The maximum atomic E-state index is 11.2. The van der Waals surface area contributed by atoms with Crippen molar-refractivity contribution in [2.75, 3.05) is 13.4 Å². The molecule has 1 rings (SSSR count). The molecule has 0 aromatic heterocycles. The van der Waals surface area contributed by atoms with Crippen LogP contribution in [0.1, 0.15) is 5.56 Å². The number of carbonyl (C=O) groups excluding carboxylic acids is 1. The second kappa shape index (κ2) is 4.29. The summed E-state index contributed by atoms with van der Waals surface area (Å²) in [7, 11) is -2.09. The van der Waals surface area contributed by atoms with Gasteiger partial charge in [-0.15, -0.1) is 0 Å². The third kappa shape index (κ3) is 2.68. The smallest absolute Gasteiger partial charge is 0.186 e. The van der Waals surface area contributed by atoms with Crippen LogP contribution in [0.2, 0.25) is 0 Å². The number of hydrogen-bond donors (Lipinski definition) is 0. The van der Waals surface area contributed by atoms with Crippen molar-refractivity contribution < 1.29 is 17.9 Å². The minimum absolute atomic E-state index is 0.284. The Morgan fingerprint density at radius 3 is 2.53 bits per heavy atom. The normalized spacial score (nSPS) is 10.5. The van der Waals surface area contributed by atoms with Gasteiger partial charge in [0.2, 0.25) is 0 Å². The summed E-state index contributed by atoms with van der Waals surface area (Å²) in [5.41, 5.74) is 0.284. The quantitative estimate of drug-likeness (QED) is 0.719. The SMILES string of the molecule is COc1cccc(C(=C=O)S(C)(=O)=O)c1. The summed E-state index contributed by atoms with van der Waals surface area (Å²) in [6.45, 7) is 0. The average molecular weight is 226 g/mol. The lowest BCUT2D eigenvalue weighted by Crippen LogP contribution is -2.01. The summed E-state index contributed by atoms with van der Waals surface area (Å²) in [6, 6.07) is 6.26. The highest BCUT2D eigenvalue weighted by atomic mass is 32.2. The highest BCUT2D eigenvalue weighted by Gasteiger charge is 2.15. The van der Waals surface area contributed by atoms with Crippen molar-refractivity contribution in [2.45, 2.75) is 0 Å². The molecule has 0 unspecified atom stereocenters. The molecule has 1 aromatic rings. The van der Waals surface area contributed by atoms with E-state index in [4.69, 9.17) is 4.74 Å². The fraction of sp³-hybridized carbons (Fsp3) is 0.200. The van der Waals surface area contributed by atoms with Crippen LogP contribution in [0.25, 0.3) is 4.91 Å². The van der Waals surface area contributed by atoms with Crippen LogP contribution in [0.5, 0.6) is 5.75 Å². The first-order chi connectivity index (χ1) is 6.99. The number of benzene rings is 1. The lowest BCUT2D eigenvalue weighted by Gasteiger charge is -2.03. The van der Waals surface area contributed by atoms with Gasteiger partial charge in [-0.1, -0.05) is 12.1 Å². The zero-order valence-corrected chi connectivity index (χ0v) is 9.17. The molecule has 0 radical (unpaired) electrons. The predicted molar refractivity (Wildman–Crippen MR) is 56.9 cm³/mol. The standard InChI is InChI=1S/C10H10O4S/c1-14-9-5-3-4-8(6-9)10(7-11)15(2,12)13/h3-6H,1-2H3. The van der Waals surface area contributed by atoms with Gasteiger partial charge in [0.25, 0.3) is 0 Å². The van der Waals surface area contributed by atoms with Crippen molar-refractivity contribution in [3.05, 3.63) is 29.8 Å². The van der Waals surface area contributed by atoms with Crippen LogP contribution in [0.3, 0.4) is 0 Å². The minimum atomic E-state index is -3.56. The van der Waals surface area contributed by atoms with Crippen LogP contribution in [0, 0.1) is 0 Å². The molecule has 0 N–H and O–H groups in total. The Bertz CT molecular complexity index is 510. The number of sulfone groups is 1. The molecule has 0 saturated carbocycles. The first kappa shape index (κ1) is 11.5. The largest absolute Gasteiger partial charge is 0.497 e. The van der Waals surface area contributed by atoms with E-state index in [0.717, 1.165) is 6.26 Å². The van der Waals surface area contributed by atoms with Gasteiger partial charge in [-0.05, 0) is 12.1 Å². The van der Waals surface area contributed by atoms with E-state index in [1.807, 2.05) is 0 Å². The van der Waals surface area contributed by atoms with Crippen LogP contribution in [-0.4, -0.2) is 27.7 Å². The topological polar surface area (TPSA) is 60.4 Å². The lowest BCUT2D eigenvalue weighted by molar-refractivity contribution is 0.414. The van der Waals surface area contributed by atoms with E-state index < -0.39 is 9.84 Å². The molecular weight excluding hydrogens is 216 g/mol. The zero-order chi connectivity index (χ0) is 11.5. The van der Waals surface area contributed by atoms with Gasteiger partial charge in [0.05, 0.1) is 7.11 Å². The molecule has 0 atom stereocenters. The molecule has 4 nitrogen and oxygen atoms in total. The average Bonchev–Trinajstić information content (AvgIpc) is 2.17. The number of hydrogen-bond acceptors (Lipinski definition) is 4. The van der Waals surface area contributed by atoms with Crippen LogP contribution in [0.4, 0.5) is 0 Å². The maximum Gasteiger partial charge on any atom is 0.186 e. The van der Waals surface area contributed by atoms with Crippen LogP contribution in [0.15, 0.2) is 24.3 Å². The fourth-order valence-corrected chi connectivity index (χ4v) is 1.82. The van der Waals surface area contributed by atoms with E-state index in [-0.39, 0.29) is 10.5 Å². The maximum absolute atomic E-state index is 11.2. The summed E-state index contributed by atoms with van der Waals surface area (Å²) < 4.78 is 27.4. The molecule has 80 valence electrons. The highest BCUT2D eigenvalue weighted by Crippen LogP contribution is 2.21. The number of ether oxygens (including phenoxy) is 1. The minimum Gasteiger partial charge on any atom is -0.497 e. The Morgan fingerprint density at radius 1 is 1.40 bits per heavy atom. The molecule has 0 amide bonds. The van der Waals surface area contributed by atoms with Gasteiger partial charge in [-0.25, -0.2) is 13.2 Å². The molecule has 0 spiro atoms. The van der Waals surface area contributed by atoms with Gasteiger partial charge in [-0.2, -0.15) is 0 Å². The second-order valence-corrected chi connectivity index (χ2v) is 4.89. The predicted octanol–water partition coefficient (Wildman–Crippen LogP) is 0.912. The summed E-state index contributed by atoms with van der Waals surface area (Å²) >= 11 is 0. The second-order valence-electron chi connectivity index (χ2n) is 2.94. The number of rotatable bonds is 3. The molecule has 0 aliphatic carbocycles. The van der Waals surface area contributed by atoms with Crippen molar-refractivity contribution in [1.29, 1.82) is 0 Å². The Morgan fingerprint density at radius 2 is 2.07 bits per heavy atom. The Balaban J connectivity index is 3.33. The van der Waals surface area contributed by atoms with Gasteiger partial charge in [0.1, 0.15) is 11.7 Å². The van der Waals surface area contributed by atoms with E-state index in [2.05, 4.69) is 0 Å². The van der Waals surface area contributed by atoms with Crippen molar-refractivity contribution in [3.8, 4) is 5.75 Å². The Kier molecular flexibility index (Phi) is 3.29. The van der Waals surface area contributed by atoms with Gasteiger partial charge >= 0.3 is 0 Å². The van der Waals surface area contributed by atoms with Crippen molar-refractivity contribution in [1.82, 2.24) is 0 Å². The van der Waals surface area contributed by atoms with Crippen LogP contribution < -0.4 is 4.74 Å². The third-order valence-corrected chi connectivity index (χ3v) is 2.86. The number of methoxy groups -OCH3 is 1. The molecule has 5 heteroatoms. The third-order valence-electron chi connectivity index (χ3n) is 1.80. The zero-order valence-electron chi connectivity index (χ0n) is 8.35. The molecule has 0 bridgehead atoms. The summed E-state index contributed by atoms with van der Waals surface area (Å²) in [5, 5.41) is 0. The van der Waals surface area contributed by atoms with E-state index >= 15 is 0 Å². The molecular formula is C10H10O4S. The fourth-order valence-electron chi connectivity index (χ4n) is 1.11. The monoisotopic (exact) mass is 226 g/mol. The van der Waals surface area contributed by atoms with Gasteiger partial charge < -0.3 is 4.74 Å². The van der Waals surface area contributed by atoms with Crippen molar-refractivity contribution in [2.24, 2.45) is 0 Å². The molecule has 0 heterocycles.